The van der Waals surface area contributed by atoms with Gasteiger partial charge in [0, 0.05) is 31.6 Å². The third-order valence-corrected chi connectivity index (χ3v) is 8.04. The molecule has 1 spiro atoms. The van der Waals surface area contributed by atoms with Gasteiger partial charge >= 0.3 is 5.97 Å². The number of ether oxygens (including phenoxy) is 2. The molecule has 184 valence electrons. The minimum atomic E-state index is -0.626. The van der Waals surface area contributed by atoms with Crippen LogP contribution in [0.1, 0.15) is 60.9 Å². The van der Waals surface area contributed by atoms with Crippen LogP contribution in [0.4, 0.5) is 0 Å². The molecule has 8 heteroatoms. The van der Waals surface area contributed by atoms with E-state index in [0.29, 0.717) is 37.2 Å². The number of amides is 2. The van der Waals surface area contributed by atoms with Gasteiger partial charge in [0.05, 0.1) is 18.7 Å². The summed E-state index contributed by atoms with van der Waals surface area (Å²) in [6, 6.07) is 5.60. The average Bonchev–Trinajstić information content (AvgIpc) is 3.10. The largest absolute Gasteiger partial charge is 0.487 e. The van der Waals surface area contributed by atoms with Crippen molar-refractivity contribution < 1.29 is 23.9 Å². The van der Waals surface area contributed by atoms with Crippen molar-refractivity contribution in [3.8, 4) is 5.75 Å². The fraction of sp³-hybridized carbons (Fsp3) is 0.654. The zero-order valence-electron chi connectivity index (χ0n) is 20.0. The Balaban J connectivity index is 1.16. The highest BCUT2D eigenvalue weighted by Crippen LogP contribution is 2.49. The lowest BCUT2D eigenvalue weighted by molar-refractivity contribution is -0.137. The first-order valence-electron chi connectivity index (χ1n) is 12.7. The standard InChI is InChI=1S/C26H35N3O5/c1-27(13-14-28-11-3-2-4-12-28)24(31)19-7-9-26(10-8-19)23-6-5-20(15-22(23)25(32)34-26)33-21-16-29(17-21)18-30/h5-6,15,18-19,21H,2-4,7-14,16-17H2,1H3/t19-,26-. The normalized spacial score (nSPS) is 27.1. The van der Waals surface area contributed by atoms with Crippen LogP contribution in [-0.4, -0.2) is 85.4 Å². The number of benzene rings is 1. The van der Waals surface area contributed by atoms with Gasteiger partial charge in [-0.3, -0.25) is 9.59 Å². The van der Waals surface area contributed by atoms with Crippen molar-refractivity contribution in [1.29, 1.82) is 0 Å². The maximum Gasteiger partial charge on any atom is 0.339 e. The topological polar surface area (TPSA) is 79.4 Å². The Morgan fingerprint density at radius 2 is 1.94 bits per heavy atom. The number of carbonyl (C=O) groups is 3. The molecule has 2 saturated heterocycles. The summed E-state index contributed by atoms with van der Waals surface area (Å²) in [5.41, 5.74) is 0.851. The predicted molar refractivity (Wildman–Crippen MR) is 125 cm³/mol. The number of hydrogen-bond donors (Lipinski definition) is 0. The van der Waals surface area contributed by atoms with Crippen LogP contribution in [0.25, 0.3) is 0 Å². The molecule has 0 aromatic heterocycles. The second-order valence-corrected chi connectivity index (χ2v) is 10.3. The molecule has 3 aliphatic heterocycles. The number of likely N-dealkylation sites (tertiary alicyclic amines) is 2. The lowest BCUT2D eigenvalue weighted by Crippen LogP contribution is -2.52. The molecule has 3 fully saturated rings. The van der Waals surface area contributed by atoms with Crippen molar-refractivity contribution in [2.75, 3.05) is 46.3 Å². The van der Waals surface area contributed by atoms with Crippen molar-refractivity contribution in [1.82, 2.24) is 14.7 Å². The molecule has 2 amide bonds. The number of likely N-dealkylation sites (N-methyl/N-ethyl adjacent to an activating group) is 1. The SMILES string of the molecule is CN(CCN1CCCCC1)C(=O)[C@H]1CC[C@@]2(CC1)OC(=O)c1cc(OC3CN(C=O)C3)ccc12. The minimum Gasteiger partial charge on any atom is -0.487 e. The Kier molecular flexibility index (Phi) is 6.51. The molecule has 5 rings (SSSR count). The molecule has 0 atom stereocenters. The summed E-state index contributed by atoms with van der Waals surface area (Å²) in [6.45, 7) is 5.13. The third kappa shape index (κ3) is 4.52. The van der Waals surface area contributed by atoms with E-state index in [4.69, 9.17) is 9.47 Å². The van der Waals surface area contributed by atoms with E-state index in [1.54, 1.807) is 11.0 Å². The van der Waals surface area contributed by atoms with Crippen LogP contribution in [0.5, 0.6) is 5.75 Å². The van der Waals surface area contributed by atoms with Gasteiger partial charge in [0.25, 0.3) is 0 Å². The first-order chi connectivity index (χ1) is 16.5. The predicted octanol–water partition coefficient (Wildman–Crippen LogP) is 2.41. The van der Waals surface area contributed by atoms with Crippen molar-refractivity contribution >= 4 is 18.3 Å². The van der Waals surface area contributed by atoms with Gasteiger partial charge in [0.15, 0.2) is 0 Å². The number of piperidine rings is 1. The quantitative estimate of drug-likeness (QED) is 0.451. The minimum absolute atomic E-state index is 0.0123. The van der Waals surface area contributed by atoms with Gasteiger partial charge in [-0.05, 0) is 63.7 Å². The molecule has 4 aliphatic rings. The van der Waals surface area contributed by atoms with Crippen LogP contribution in [-0.2, 0) is 19.9 Å². The van der Waals surface area contributed by atoms with Gasteiger partial charge in [0.1, 0.15) is 17.5 Å². The van der Waals surface area contributed by atoms with Crippen LogP contribution in [0.15, 0.2) is 18.2 Å². The summed E-state index contributed by atoms with van der Waals surface area (Å²) in [6.07, 6.45) is 7.39. The van der Waals surface area contributed by atoms with Crippen LogP contribution >= 0.6 is 0 Å². The molecule has 1 aromatic rings. The fourth-order valence-electron chi connectivity index (χ4n) is 5.87. The average molecular weight is 470 g/mol. The number of fused-ring (bicyclic) bond motifs is 2. The lowest BCUT2D eigenvalue weighted by atomic mass is 9.74. The van der Waals surface area contributed by atoms with Crippen molar-refractivity contribution in [3.05, 3.63) is 29.3 Å². The molecule has 0 bridgehead atoms. The molecule has 34 heavy (non-hydrogen) atoms. The third-order valence-electron chi connectivity index (χ3n) is 8.04. The molecule has 3 heterocycles. The summed E-state index contributed by atoms with van der Waals surface area (Å²) in [4.78, 5) is 42.5. The second-order valence-electron chi connectivity index (χ2n) is 10.3. The highest BCUT2D eigenvalue weighted by molar-refractivity contribution is 5.95. The van der Waals surface area contributed by atoms with Crippen molar-refractivity contribution in [2.45, 2.75) is 56.7 Å². The molecule has 1 saturated carbocycles. The molecule has 8 nitrogen and oxygen atoms in total. The van der Waals surface area contributed by atoms with Gasteiger partial charge in [-0.1, -0.05) is 12.5 Å². The molecule has 0 unspecified atom stereocenters. The number of nitrogens with zero attached hydrogens (tertiary/aromatic N) is 3. The van der Waals surface area contributed by atoms with Crippen molar-refractivity contribution in [2.24, 2.45) is 5.92 Å². The number of hydrogen-bond acceptors (Lipinski definition) is 6. The first-order valence-corrected chi connectivity index (χ1v) is 12.7. The molecular weight excluding hydrogens is 434 g/mol. The second kappa shape index (κ2) is 9.56. The Morgan fingerprint density at radius 3 is 2.65 bits per heavy atom. The smallest absolute Gasteiger partial charge is 0.339 e. The summed E-state index contributed by atoms with van der Waals surface area (Å²) in [5.74, 6) is 0.515. The molecule has 0 N–H and O–H groups in total. The summed E-state index contributed by atoms with van der Waals surface area (Å²) in [7, 11) is 1.92. The Labute approximate surface area is 201 Å². The van der Waals surface area contributed by atoms with Crippen LogP contribution in [0.3, 0.4) is 0 Å². The number of rotatable bonds is 7. The van der Waals surface area contributed by atoms with Crippen molar-refractivity contribution in [3.63, 3.8) is 0 Å². The van der Waals surface area contributed by atoms with E-state index in [1.807, 2.05) is 24.1 Å². The summed E-state index contributed by atoms with van der Waals surface area (Å²) < 4.78 is 11.8. The van der Waals surface area contributed by atoms with E-state index in [2.05, 4.69) is 4.90 Å². The van der Waals surface area contributed by atoms with E-state index in [-0.39, 0.29) is 23.9 Å². The maximum atomic E-state index is 13.1. The molecular formula is C26H35N3O5. The van der Waals surface area contributed by atoms with Crippen LogP contribution < -0.4 is 4.74 Å². The molecule has 0 radical (unpaired) electrons. The van der Waals surface area contributed by atoms with Crippen LogP contribution in [0.2, 0.25) is 0 Å². The van der Waals surface area contributed by atoms with E-state index in [1.165, 1.54) is 19.3 Å². The van der Waals surface area contributed by atoms with Gasteiger partial charge in [-0.25, -0.2) is 4.79 Å². The number of carbonyl (C=O) groups excluding carboxylic acids is 3. The lowest BCUT2D eigenvalue weighted by Gasteiger charge is -2.37. The van der Waals surface area contributed by atoms with E-state index in [0.717, 1.165) is 51.0 Å². The highest BCUT2D eigenvalue weighted by Gasteiger charge is 2.49. The fourth-order valence-corrected chi connectivity index (χ4v) is 5.87. The molecule has 1 aromatic carbocycles. The summed E-state index contributed by atoms with van der Waals surface area (Å²) in [5, 5.41) is 0. The Hall–Kier alpha value is -2.61. The first kappa shape index (κ1) is 23.1. The van der Waals surface area contributed by atoms with Gasteiger partial charge in [-0.2, -0.15) is 0 Å². The zero-order chi connectivity index (χ0) is 23.7. The number of esters is 1. The van der Waals surface area contributed by atoms with Gasteiger partial charge in [-0.15, -0.1) is 0 Å². The summed E-state index contributed by atoms with van der Waals surface area (Å²) >= 11 is 0. The van der Waals surface area contributed by atoms with E-state index >= 15 is 0 Å². The Morgan fingerprint density at radius 1 is 1.21 bits per heavy atom. The Bertz CT molecular complexity index is 930. The maximum absolute atomic E-state index is 13.1. The van der Waals surface area contributed by atoms with E-state index < -0.39 is 5.60 Å². The van der Waals surface area contributed by atoms with Crippen LogP contribution in [0, 0.1) is 5.92 Å². The highest BCUT2D eigenvalue weighted by atomic mass is 16.6. The van der Waals surface area contributed by atoms with Gasteiger partial charge in [0.2, 0.25) is 12.3 Å². The monoisotopic (exact) mass is 469 g/mol. The van der Waals surface area contributed by atoms with Gasteiger partial charge < -0.3 is 24.2 Å². The zero-order valence-corrected chi connectivity index (χ0v) is 20.0. The molecule has 1 aliphatic carbocycles. The van der Waals surface area contributed by atoms with E-state index in [9.17, 15) is 14.4 Å².